The van der Waals surface area contributed by atoms with E-state index in [1.807, 2.05) is 17.5 Å². The summed E-state index contributed by atoms with van der Waals surface area (Å²) in [5, 5.41) is 8.96. The lowest BCUT2D eigenvalue weighted by Gasteiger charge is -2.15. The highest BCUT2D eigenvalue weighted by molar-refractivity contribution is 7.13. The fourth-order valence-corrected chi connectivity index (χ4v) is 2.71. The number of methoxy groups -OCH3 is 1. The van der Waals surface area contributed by atoms with Crippen molar-refractivity contribution in [3.8, 4) is 10.6 Å². The van der Waals surface area contributed by atoms with E-state index in [4.69, 9.17) is 10.5 Å². The molecule has 8 heteroatoms. The molecule has 0 unspecified atom stereocenters. The molecule has 1 amide bonds. The Labute approximate surface area is 138 Å². The summed E-state index contributed by atoms with van der Waals surface area (Å²) in [6, 6.07) is 4.57. The van der Waals surface area contributed by atoms with Crippen LogP contribution in [-0.2, 0) is 9.53 Å². The predicted molar refractivity (Wildman–Crippen MR) is 90.4 cm³/mol. The van der Waals surface area contributed by atoms with Crippen molar-refractivity contribution >= 4 is 22.9 Å². The average Bonchev–Trinajstić information content (AvgIpc) is 3.07. The van der Waals surface area contributed by atoms with Gasteiger partial charge >= 0.3 is 0 Å². The zero-order chi connectivity index (χ0) is 16.8. The lowest BCUT2D eigenvalue weighted by atomic mass is 10.2. The third-order valence-electron chi connectivity index (χ3n) is 3.31. The zero-order valence-electron chi connectivity index (χ0n) is 13.1. The van der Waals surface area contributed by atoms with E-state index < -0.39 is 11.6 Å². The minimum atomic E-state index is -0.743. The van der Waals surface area contributed by atoms with Crippen LogP contribution in [0.1, 0.15) is 19.4 Å². The molecule has 0 fully saturated rings. The summed E-state index contributed by atoms with van der Waals surface area (Å²) in [5.41, 5.74) is 5.97. The summed E-state index contributed by atoms with van der Waals surface area (Å²) < 4.78 is 6.06. The van der Waals surface area contributed by atoms with Crippen molar-refractivity contribution in [3.05, 3.63) is 33.9 Å². The van der Waals surface area contributed by atoms with Gasteiger partial charge in [-0.05, 0) is 30.9 Å². The molecule has 2 heterocycles. The summed E-state index contributed by atoms with van der Waals surface area (Å²) in [4.78, 5) is 25.3. The van der Waals surface area contributed by atoms with Gasteiger partial charge in [-0.25, -0.2) is 4.68 Å². The summed E-state index contributed by atoms with van der Waals surface area (Å²) in [7, 11) is 1.60. The van der Waals surface area contributed by atoms with E-state index in [2.05, 4.69) is 10.4 Å². The number of thiophene rings is 1. The third kappa shape index (κ3) is 4.17. The molecule has 3 N–H and O–H groups in total. The minimum Gasteiger partial charge on any atom is -0.394 e. The first-order chi connectivity index (χ1) is 11.0. The molecule has 1 atom stereocenters. The molecule has 0 aliphatic rings. The maximum atomic E-state index is 12.2. The van der Waals surface area contributed by atoms with Crippen molar-refractivity contribution < 1.29 is 9.53 Å². The van der Waals surface area contributed by atoms with Crippen LogP contribution in [0, 0.1) is 0 Å². The highest BCUT2D eigenvalue weighted by atomic mass is 32.1. The highest BCUT2D eigenvalue weighted by Gasteiger charge is 2.19. The van der Waals surface area contributed by atoms with Gasteiger partial charge in [0.15, 0.2) is 0 Å². The molecule has 0 aliphatic carbocycles. The van der Waals surface area contributed by atoms with Gasteiger partial charge < -0.3 is 15.8 Å². The molecule has 124 valence electrons. The molecule has 0 saturated carbocycles. The summed E-state index contributed by atoms with van der Waals surface area (Å²) in [6.45, 7) is 2.66. The van der Waals surface area contributed by atoms with Crippen LogP contribution < -0.4 is 16.6 Å². The van der Waals surface area contributed by atoms with Gasteiger partial charge in [-0.15, -0.1) is 11.3 Å². The number of nitrogens with two attached hydrogens (primary N) is 1. The van der Waals surface area contributed by atoms with E-state index in [1.165, 1.54) is 17.4 Å². The Kier molecular flexibility index (Phi) is 5.89. The first kappa shape index (κ1) is 17.2. The SMILES string of the molecule is COCCCNC(=O)[C@@H](C)n1nc(-c2cccs2)cc(N)c1=O. The normalized spacial score (nSPS) is 12.1. The Morgan fingerprint density at radius 2 is 2.35 bits per heavy atom. The molecule has 23 heavy (non-hydrogen) atoms. The van der Waals surface area contributed by atoms with Crippen LogP contribution in [-0.4, -0.2) is 35.9 Å². The molecular formula is C15H20N4O3S. The lowest BCUT2D eigenvalue weighted by Crippen LogP contribution is -2.38. The molecule has 2 rings (SSSR count). The van der Waals surface area contributed by atoms with E-state index in [0.29, 0.717) is 25.3 Å². The maximum absolute atomic E-state index is 12.2. The van der Waals surface area contributed by atoms with E-state index in [0.717, 1.165) is 9.56 Å². The Balaban J connectivity index is 2.20. The van der Waals surface area contributed by atoms with Crippen LogP contribution in [0.4, 0.5) is 5.69 Å². The van der Waals surface area contributed by atoms with Crippen molar-refractivity contribution in [2.24, 2.45) is 0 Å². The molecule has 0 bridgehead atoms. The lowest BCUT2D eigenvalue weighted by molar-refractivity contribution is -0.124. The number of nitrogens with one attached hydrogen (secondary N) is 1. The first-order valence-electron chi connectivity index (χ1n) is 7.24. The van der Waals surface area contributed by atoms with E-state index in [-0.39, 0.29) is 11.6 Å². The number of nitrogens with zero attached hydrogens (tertiary/aromatic N) is 2. The molecule has 0 spiro atoms. The van der Waals surface area contributed by atoms with Gasteiger partial charge in [0.2, 0.25) is 5.91 Å². The quantitative estimate of drug-likeness (QED) is 0.742. The van der Waals surface area contributed by atoms with Crippen molar-refractivity contribution in [1.29, 1.82) is 0 Å². The first-order valence-corrected chi connectivity index (χ1v) is 8.12. The van der Waals surface area contributed by atoms with E-state index >= 15 is 0 Å². The monoisotopic (exact) mass is 336 g/mol. The van der Waals surface area contributed by atoms with Crippen molar-refractivity contribution in [3.63, 3.8) is 0 Å². The standard InChI is InChI=1S/C15H20N4O3S/c1-10(14(20)17-6-4-7-22-2)19-15(21)11(16)9-12(18-19)13-5-3-8-23-13/h3,5,8-10H,4,6-7,16H2,1-2H3,(H,17,20)/t10-/m1/s1. The van der Waals surface area contributed by atoms with E-state index in [1.54, 1.807) is 14.0 Å². The minimum absolute atomic E-state index is 0.0717. The Morgan fingerprint density at radius 1 is 1.57 bits per heavy atom. The summed E-state index contributed by atoms with van der Waals surface area (Å²) in [5.74, 6) is -0.279. The maximum Gasteiger partial charge on any atom is 0.290 e. The highest BCUT2D eigenvalue weighted by Crippen LogP contribution is 2.23. The number of carbonyl (C=O) groups excluding carboxylic acids is 1. The molecule has 0 radical (unpaired) electrons. The summed E-state index contributed by atoms with van der Waals surface area (Å²) in [6.07, 6.45) is 0.703. The largest absolute Gasteiger partial charge is 0.394 e. The number of hydrogen-bond donors (Lipinski definition) is 2. The zero-order valence-corrected chi connectivity index (χ0v) is 13.9. The smallest absolute Gasteiger partial charge is 0.290 e. The Morgan fingerprint density at radius 3 is 3.00 bits per heavy atom. The molecule has 0 saturated heterocycles. The van der Waals surface area contributed by atoms with Crippen molar-refractivity contribution in [1.82, 2.24) is 15.1 Å². The fraction of sp³-hybridized carbons (Fsp3) is 0.400. The number of rotatable bonds is 7. The number of ether oxygens (including phenoxy) is 1. The van der Waals surface area contributed by atoms with Gasteiger partial charge in [-0.3, -0.25) is 9.59 Å². The molecule has 2 aromatic heterocycles. The van der Waals surface area contributed by atoms with E-state index in [9.17, 15) is 9.59 Å². The second-order valence-electron chi connectivity index (χ2n) is 5.03. The van der Waals surface area contributed by atoms with Gasteiger partial charge in [-0.1, -0.05) is 6.07 Å². The number of anilines is 1. The van der Waals surface area contributed by atoms with Crippen molar-refractivity contribution in [2.45, 2.75) is 19.4 Å². The van der Waals surface area contributed by atoms with Crippen LogP contribution in [0.5, 0.6) is 0 Å². The van der Waals surface area contributed by atoms with Crippen LogP contribution in [0.25, 0.3) is 10.6 Å². The van der Waals surface area contributed by atoms with Gasteiger partial charge in [0, 0.05) is 20.3 Å². The number of nitrogen functional groups attached to an aromatic ring is 1. The number of carbonyl (C=O) groups is 1. The number of hydrogen-bond acceptors (Lipinski definition) is 6. The fourth-order valence-electron chi connectivity index (χ4n) is 2.03. The van der Waals surface area contributed by atoms with Crippen LogP contribution in [0.3, 0.4) is 0 Å². The van der Waals surface area contributed by atoms with Crippen LogP contribution in [0.2, 0.25) is 0 Å². The van der Waals surface area contributed by atoms with Gasteiger partial charge in [0.05, 0.1) is 4.88 Å². The van der Waals surface area contributed by atoms with Crippen LogP contribution >= 0.6 is 11.3 Å². The molecule has 2 aromatic rings. The second-order valence-corrected chi connectivity index (χ2v) is 5.97. The van der Waals surface area contributed by atoms with Gasteiger partial charge in [0.1, 0.15) is 17.4 Å². The van der Waals surface area contributed by atoms with Crippen LogP contribution in [0.15, 0.2) is 28.4 Å². The molecule has 0 aromatic carbocycles. The van der Waals surface area contributed by atoms with Crippen molar-refractivity contribution in [2.75, 3.05) is 26.0 Å². The topological polar surface area (TPSA) is 99.2 Å². The van der Waals surface area contributed by atoms with Gasteiger partial charge in [-0.2, -0.15) is 5.10 Å². The molecule has 0 aliphatic heterocycles. The number of amides is 1. The molecular weight excluding hydrogens is 316 g/mol. The van der Waals surface area contributed by atoms with Gasteiger partial charge in [0.25, 0.3) is 5.56 Å². The Hall–Kier alpha value is -2.19. The molecule has 7 nitrogen and oxygen atoms in total. The summed E-state index contributed by atoms with van der Waals surface area (Å²) >= 11 is 1.49. The third-order valence-corrected chi connectivity index (χ3v) is 4.20. The second kappa shape index (κ2) is 7.89. The average molecular weight is 336 g/mol. The Bertz CT molecular complexity index is 712. The number of aromatic nitrogens is 2. The predicted octanol–water partition coefficient (Wildman–Crippen LogP) is 1.27.